The lowest BCUT2D eigenvalue weighted by Crippen LogP contribution is -2.38. The Morgan fingerprint density at radius 1 is 1.30 bits per heavy atom. The third kappa shape index (κ3) is 2.89. The Morgan fingerprint density at radius 3 is 2.55 bits per heavy atom. The molecule has 1 fully saturated rings. The average Bonchev–Trinajstić information content (AvgIpc) is 2.41. The van der Waals surface area contributed by atoms with E-state index in [-0.39, 0.29) is 5.91 Å². The van der Waals surface area contributed by atoms with Gasteiger partial charge >= 0.3 is 0 Å². The quantitative estimate of drug-likeness (QED) is 0.843. The van der Waals surface area contributed by atoms with Gasteiger partial charge in [0.2, 0.25) is 0 Å². The molecule has 1 aromatic rings. The number of amides is 1. The van der Waals surface area contributed by atoms with Gasteiger partial charge < -0.3 is 15.5 Å². The number of hydrogen-bond acceptors (Lipinski definition) is 3. The van der Waals surface area contributed by atoms with E-state index in [4.69, 9.17) is 5.73 Å². The van der Waals surface area contributed by atoms with Gasteiger partial charge in [-0.2, -0.15) is 0 Å². The van der Waals surface area contributed by atoms with Crippen LogP contribution in [0.1, 0.15) is 30.6 Å². The van der Waals surface area contributed by atoms with Crippen LogP contribution in [-0.2, 0) is 0 Å². The zero-order valence-corrected chi connectivity index (χ0v) is 12.9. The molecule has 0 spiro atoms. The van der Waals surface area contributed by atoms with Crippen molar-refractivity contribution < 1.29 is 4.79 Å². The van der Waals surface area contributed by atoms with E-state index in [0.717, 1.165) is 24.7 Å². The fraction of sp³-hybridized carbons (Fsp3) is 0.562. The molecule has 110 valence electrons. The zero-order chi connectivity index (χ0) is 14.9. The van der Waals surface area contributed by atoms with Gasteiger partial charge in [0.15, 0.2) is 0 Å². The molecule has 1 aliphatic heterocycles. The molecular formula is C16H25N3O. The smallest absolute Gasteiger partial charge is 0.253 e. The number of piperidine rings is 1. The first-order valence-corrected chi connectivity index (χ1v) is 7.26. The number of carbonyl (C=O) groups is 1. The first-order valence-electron chi connectivity index (χ1n) is 7.26. The predicted octanol–water partition coefficient (Wildman–Crippen LogP) is 2.45. The van der Waals surface area contributed by atoms with Crippen molar-refractivity contribution in [2.45, 2.75) is 20.3 Å². The average molecular weight is 275 g/mol. The number of anilines is 2. The van der Waals surface area contributed by atoms with E-state index in [0.29, 0.717) is 17.2 Å². The van der Waals surface area contributed by atoms with Crippen LogP contribution in [0.5, 0.6) is 0 Å². The molecule has 0 saturated carbocycles. The Labute approximate surface area is 121 Å². The maximum Gasteiger partial charge on any atom is 0.253 e. The van der Waals surface area contributed by atoms with Crippen molar-refractivity contribution >= 4 is 17.3 Å². The Bertz CT molecular complexity index is 498. The van der Waals surface area contributed by atoms with Crippen LogP contribution >= 0.6 is 0 Å². The lowest BCUT2D eigenvalue weighted by molar-refractivity contribution is 0.0827. The minimum absolute atomic E-state index is 0.0103. The summed E-state index contributed by atoms with van der Waals surface area (Å²) in [5.41, 5.74) is 8.55. The number of nitrogens with two attached hydrogens (primary N) is 1. The molecule has 0 radical (unpaired) electrons. The molecule has 0 aliphatic carbocycles. The van der Waals surface area contributed by atoms with E-state index in [1.54, 1.807) is 25.1 Å². The molecule has 1 aliphatic rings. The van der Waals surface area contributed by atoms with Crippen molar-refractivity contribution in [3.05, 3.63) is 23.8 Å². The summed E-state index contributed by atoms with van der Waals surface area (Å²) in [7, 11) is 3.50. The minimum Gasteiger partial charge on any atom is -0.397 e. The lowest BCUT2D eigenvalue weighted by atomic mass is 9.88. The van der Waals surface area contributed by atoms with E-state index in [1.165, 1.54) is 6.42 Å². The highest BCUT2D eigenvalue weighted by Crippen LogP contribution is 2.31. The Balaban J connectivity index is 2.20. The van der Waals surface area contributed by atoms with Crippen molar-refractivity contribution in [2.24, 2.45) is 11.8 Å². The number of rotatable bonds is 2. The molecule has 1 heterocycles. The van der Waals surface area contributed by atoms with Gasteiger partial charge in [0.1, 0.15) is 0 Å². The van der Waals surface area contributed by atoms with Crippen molar-refractivity contribution in [3.63, 3.8) is 0 Å². The van der Waals surface area contributed by atoms with E-state index in [9.17, 15) is 4.79 Å². The van der Waals surface area contributed by atoms with Gasteiger partial charge in [-0.1, -0.05) is 13.8 Å². The summed E-state index contributed by atoms with van der Waals surface area (Å²) in [5.74, 6) is 1.43. The molecule has 20 heavy (non-hydrogen) atoms. The molecule has 2 atom stereocenters. The van der Waals surface area contributed by atoms with Gasteiger partial charge in [-0.05, 0) is 36.5 Å². The molecule has 0 aromatic heterocycles. The standard InChI is InChI=1S/C16H25N3O/c1-11-7-8-19(10-12(11)2)15-6-5-13(9-14(15)17)16(20)18(3)4/h5-6,9,11-12H,7-8,10,17H2,1-4H3. The first-order chi connectivity index (χ1) is 9.40. The van der Waals surface area contributed by atoms with Crippen molar-refractivity contribution in [2.75, 3.05) is 37.8 Å². The second kappa shape index (κ2) is 5.73. The third-order valence-corrected chi connectivity index (χ3v) is 4.36. The normalized spacial score (nSPS) is 22.7. The monoisotopic (exact) mass is 275 g/mol. The number of carbonyl (C=O) groups excluding carboxylic acids is 1. The first kappa shape index (κ1) is 14.7. The largest absolute Gasteiger partial charge is 0.397 e. The Morgan fingerprint density at radius 2 is 2.00 bits per heavy atom. The van der Waals surface area contributed by atoms with Gasteiger partial charge in [-0.15, -0.1) is 0 Å². The maximum absolute atomic E-state index is 11.9. The van der Waals surface area contributed by atoms with Crippen LogP contribution in [0.2, 0.25) is 0 Å². The van der Waals surface area contributed by atoms with E-state index in [2.05, 4.69) is 18.7 Å². The Hall–Kier alpha value is -1.71. The third-order valence-electron chi connectivity index (χ3n) is 4.36. The van der Waals surface area contributed by atoms with Gasteiger partial charge in [-0.3, -0.25) is 4.79 Å². The highest BCUT2D eigenvalue weighted by Gasteiger charge is 2.24. The van der Waals surface area contributed by atoms with Crippen LogP contribution in [0.3, 0.4) is 0 Å². The van der Waals surface area contributed by atoms with Crippen LogP contribution in [0.4, 0.5) is 11.4 Å². The topological polar surface area (TPSA) is 49.6 Å². The van der Waals surface area contributed by atoms with Crippen LogP contribution in [0.15, 0.2) is 18.2 Å². The van der Waals surface area contributed by atoms with Crippen LogP contribution in [-0.4, -0.2) is 38.0 Å². The molecule has 1 amide bonds. The minimum atomic E-state index is -0.0103. The fourth-order valence-electron chi connectivity index (χ4n) is 2.72. The van der Waals surface area contributed by atoms with E-state index < -0.39 is 0 Å². The molecule has 2 unspecified atom stereocenters. The SMILES string of the molecule is CC1CCN(c2ccc(C(=O)N(C)C)cc2N)CC1C. The fourth-order valence-corrected chi connectivity index (χ4v) is 2.72. The molecule has 1 aromatic carbocycles. The van der Waals surface area contributed by atoms with Crippen LogP contribution in [0.25, 0.3) is 0 Å². The number of hydrogen-bond donors (Lipinski definition) is 1. The number of nitrogens with zero attached hydrogens (tertiary/aromatic N) is 2. The summed E-state index contributed by atoms with van der Waals surface area (Å²) in [6, 6.07) is 5.64. The predicted molar refractivity (Wildman–Crippen MR) is 84.0 cm³/mol. The summed E-state index contributed by atoms with van der Waals surface area (Å²) in [6.45, 7) is 6.67. The highest BCUT2D eigenvalue weighted by atomic mass is 16.2. The lowest BCUT2D eigenvalue weighted by Gasteiger charge is -2.37. The summed E-state index contributed by atoms with van der Waals surface area (Å²) >= 11 is 0. The van der Waals surface area contributed by atoms with Gasteiger partial charge in [0.05, 0.1) is 11.4 Å². The van der Waals surface area contributed by atoms with Crippen molar-refractivity contribution in [1.29, 1.82) is 0 Å². The molecule has 4 nitrogen and oxygen atoms in total. The molecule has 2 rings (SSSR count). The number of nitrogen functional groups attached to an aromatic ring is 1. The van der Waals surface area contributed by atoms with Gasteiger partial charge in [-0.25, -0.2) is 0 Å². The number of benzene rings is 1. The summed E-state index contributed by atoms with van der Waals surface area (Å²) in [4.78, 5) is 15.8. The summed E-state index contributed by atoms with van der Waals surface area (Å²) in [6.07, 6.45) is 1.19. The second-order valence-electron chi connectivity index (χ2n) is 6.16. The van der Waals surface area contributed by atoms with E-state index >= 15 is 0 Å². The summed E-state index contributed by atoms with van der Waals surface area (Å²) < 4.78 is 0. The summed E-state index contributed by atoms with van der Waals surface area (Å²) in [5, 5.41) is 0. The van der Waals surface area contributed by atoms with Crippen LogP contribution < -0.4 is 10.6 Å². The van der Waals surface area contributed by atoms with Crippen LogP contribution in [0, 0.1) is 11.8 Å². The van der Waals surface area contributed by atoms with Gasteiger partial charge in [0.25, 0.3) is 5.91 Å². The van der Waals surface area contributed by atoms with Crippen molar-refractivity contribution in [3.8, 4) is 0 Å². The van der Waals surface area contributed by atoms with Gasteiger partial charge in [0, 0.05) is 32.7 Å². The molecule has 0 bridgehead atoms. The molecular weight excluding hydrogens is 250 g/mol. The molecule has 2 N–H and O–H groups in total. The maximum atomic E-state index is 11.9. The molecule has 4 heteroatoms. The second-order valence-corrected chi connectivity index (χ2v) is 6.16. The molecule has 1 saturated heterocycles. The zero-order valence-electron chi connectivity index (χ0n) is 12.9. The van der Waals surface area contributed by atoms with E-state index in [1.807, 2.05) is 12.1 Å². The van der Waals surface area contributed by atoms with Crippen molar-refractivity contribution in [1.82, 2.24) is 4.90 Å². The Kier molecular flexibility index (Phi) is 4.21. The highest BCUT2D eigenvalue weighted by molar-refractivity contribution is 5.95.